The van der Waals surface area contributed by atoms with Gasteiger partial charge in [-0.2, -0.15) is 0 Å². The van der Waals surface area contributed by atoms with Gasteiger partial charge >= 0.3 is 25.9 Å². The van der Waals surface area contributed by atoms with Gasteiger partial charge in [0.25, 0.3) is 0 Å². The minimum Gasteiger partial charge on any atom is -0.481 e. The van der Waals surface area contributed by atoms with Gasteiger partial charge in [0.05, 0.1) is 12.1 Å². The van der Waals surface area contributed by atoms with Gasteiger partial charge in [0.15, 0.2) is 6.10 Å². The van der Waals surface area contributed by atoms with Crippen LogP contribution in [0.5, 0.6) is 0 Å². The average Bonchev–Trinajstić information content (AvgIpc) is 3.47. The van der Waals surface area contributed by atoms with Crippen molar-refractivity contribution < 1.29 is 68.3 Å². The monoisotopic (exact) mass is 658 g/mol. The number of urea groups is 1. The van der Waals surface area contributed by atoms with Crippen molar-refractivity contribution in [2.75, 3.05) is 18.8 Å². The fraction of sp³-hybridized carbons (Fsp3) is 0.826. The number of amides is 4. The van der Waals surface area contributed by atoms with E-state index in [9.17, 15) is 44.2 Å². The van der Waals surface area contributed by atoms with E-state index in [1.807, 2.05) is 0 Å². The third kappa shape index (κ3) is 9.15. The smallest absolute Gasteiger partial charge is 0.470 e. The van der Waals surface area contributed by atoms with Crippen molar-refractivity contribution in [3.8, 4) is 0 Å². The number of carboxylic acids is 1. The van der Waals surface area contributed by atoms with Gasteiger partial charge < -0.3 is 61.3 Å². The van der Waals surface area contributed by atoms with Crippen molar-refractivity contribution in [3.63, 3.8) is 0 Å². The van der Waals surface area contributed by atoms with Gasteiger partial charge in [-0.1, -0.05) is 6.42 Å². The number of aliphatic hydroxyl groups excluding tert-OH is 4. The first-order chi connectivity index (χ1) is 20.2. The van der Waals surface area contributed by atoms with E-state index in [0.717, 1.165) is 0 Å². The van der Waals surface area contributed by atoms with Crippen LogP contribution >= 0.6 is 19.6 Å². The molecule has 3 aliphatic rings. The summed E-state index contributed by atoms with van der Waals surface area (Å²) in [6.45, 7) is 0.394. The molecule has 0 spiro atoms. The summed E-state index contributed by atoms with van der Waals surface area (Å²) in [5.41, 5.74) is 0. The highest BCUT2D eigenvalue weighted by molar-refractivity contribution is 8.01. The van der Waals surface area contributed by atoms with E-state index in [2.05, 4.69) is 25.8 Å². The quantitative estimate of drug-likeness (QED) is 0.0492. The highest BCUT2D eigenvalue weighted by atomic mass is 32.2. The molecule has 20 heteroatoms. The first-order valence-corrected chi connectivity index (χ1v) is 16.3. The van der Waals surface area contributed by atoms with Crippen LogP contribution in [0.1, 0.15) is 44.9 Å². The summed E-state index contributed by atoms with van der Waals surface area (Å²) in [4.78, 5) is 66.2. The number of hydrogen-bond acceptors (Lipinski definition) is 12. The van der Waals surface area contributed by atoms with E-state index in [0.29, 0.717) is 50.8 Å². The molecule has 1 aliphatic carbocycles. The molecule has 9 atom stereocenters. The van der Waals surface area contributed by atoms with Crippen LogP contribution < -0.4 is 21.3 Å². The Bertz CT molecular complexity index is 1070. The molecule has 3 fully saturated rings. The molecule has 43 heavy (non-hydrogen) atoms. The molecule has 2 aliphatic heterocycles. The Morgan fingerprint density at radius 1 is 0.907 bits per heavy atom. The third-order valence-electron chi connectivity index (χ3n) is 7.56. The topological polar surface area (TPSA) is 294 Å². The van der Waals surface area contributed by atoms with Crippen LogP contribution in [0.4, 0.5) is 9.59 Å². The van der Waals surface area contributed by atoms with Crippen molar-refractivity contribution in [1.82, 2.24) is 21.3 Å². The standard InChI is InChI=1S/C23H39N4O14PS/c28-12(29)6-2-3-7-23(19-11(10-43-23)26-21(35)27-19)20(34)24-8-4-1-5-9-25-22(36)40-17-14(31)13(30)15(32)18(16(17)33)41-42(37,38)39/h11,13-19,30-33H,1-10H2,(H,24,34)(H,25,36)(H,28,29)(H2,26,27,35)(H2,37,38,39)/t11-,13+,14+,15-,16-,17-,18+,19-,23-/m0/s1. The number of carboxylic acid groups (broad SMARTS) is 1. The molecule has 2 saturated heterocycles. The maximum Gasteiger partial charge on any atom is 0.470 e. The van der Waals surface area contributed by atoms with Crippen molar-refractivity contribution in [2.24, 2.45) is 0 Å². The Balaban J connectivity index is 1.40. The Labute approximate surface area is 250 Å². The first-order valence-electron chi connectivity index (χ1n) is 13.8. The van der Waals surface area contributed by atoms with Crippen molar-refractivity contribution >= 4 is 43.6 Å². The lowest BCUT2D eigenvalue weighted by Crippen LogP contribution is -2.65. The Kier molecular flexibility index (Phi) is 12.4. The fourth-order valence-electron chi connectivity index (χ4n) is 5.39. The summed E-state index contributed by atoms with van der Waals surface area (Å²) in [5, 5.41) is 60.0. The second kappa shape index (κ2) is 15.2. The summed E-state index contributed by atoms with van der Waals surface area (Å²) in [6, 6.07) is -0.976. The number of hydrogen-bond donors (Lipinski definition) is 11. The van der Waals surface area contributed by atoms with Gasteiger partial charge in [0.1, 0.15) is 35.3 Å². The molecule has 0 aromatic rings. The molecule has 4 amide bonds. The first kappa shape index (κ1) is 35.3. The van der Waals surface area contributed by atoms with Crippen LogP contribution in [-0.4, -0.2) is 132 Å². The maximum atomic E-state index is 13.3. The zero-order chi connectivity index (χ0) is 31.9. The number of thioether (sulfide) groups is 1. The second-order valence-electron chi connectivity index (χ2n) is 10.6. The van der Waals surface area contributed by atoms with Crippen LogP contribution in [0.25, 0.3) is 0 Å². The zero-order valence-corrected chi connectivity index (χ0v) is 24.7. The molecule has 1 saturated carbocycles. The molecule has 246 valence electrons. The summed E-state index contributed by atoms with van der Waals surface area (Å²) in [7, 11) is -5.22. The van der Waals surface area contributed by atoms with E-state index in [-0.39, 0.29) is 30.9 Å². The highest BCUT2D eigenvalue weighted by Crippen LogP contribution is 2.44. The number of carbonyl (C=O) groups is 4. The number of nitrogens with one attached hydrogen (secondary N) is 4. The van der Waals surface area contributed by atoms with Gasteiger partial charge in [0.2, 0.25) is 5.91 Å². The van der Waals surface area contributed by atoms with Crippen LogP contribution in [0.3, 0.4) is 0 Å². The number of carbonyl (C=O) groups excluding carboxylic acids is 3. The number of rotatable bonds is 15. The van der Waals surface area contributed by atoms with E-state index < -0.39 is 67.3 Å². The van der Waals surface area contributed by atoms with E-state index in [1.54, 1.807) is 0 Å². The summed E-state index contributed by atoms with van der Waals surface area (Å²) >= 11 is 1.43. The lowest BCUT2D eigenvalue weighted by molar-refractivity contribution is -0.219. The SMILES string of the molecule is O=C(O)CCCC[C@]1(C(=O)NCCCCCNC(=O)O[C@@H]2[C@H](O)[C@H](OP(=O)(O)O)[C@@H](O)[C@H](O)[C@H]2O)SC[C@@H]2NC(=O)N[C@@H]21. The van der Waals surface area contributed by atoms with E-state index in [1.165, 1.54) is 11.8 Å². The Morgan fingerprint density at radius 2 is 1.56 bits per heavy atom. The molecule has 0 unspecified atom stereocenters. The number of phosphoric ester groups is 1. The Morgan fingerprint density at radius 3 is 2.21 bits per heavy atom. The van der Waals surface area contributed by atoms with Crippen LogP contribution in [0.2, 0.25) is 0 Å². The minimum atomic E-state index is -5.22. The predicted octanol–water partition coefficient (Wildman–Crippen LogP) is -2.52. The summed E-state index contributed by atoms with van der Waals surface area (Å²) < 4.78 is 19.4. The average molecular weight is 659 g/mol. The molecule has 0 aromatic carbocycles. The van der Waals surface area contributed by atoms with Gasteiger partial charge in [-0.25, -0.2) is 14.2 Å². The lowest BCUT2D eigenvalue weighted by atomic mass is 9.85. The molecular formula is C23H39N4O14PS. The Hall–Kier alpha value is -2.22. The predicted molar refractivity (Wildman–Crippen MR) is 147 cm³/mol. The summed E-state index contributed by atoms with van der Waals surface area (Å²) in [6.07, 6.45) is -10.4. The molecular weight excluding hydrogens is 619 g/mol. The molecule has 18 nitrogen and oxygen atoms in total. The lowest BCUT2D eigenvalue weighted by Gasteiger charge is -2.42. The number of unbranched alkanes of at least 4 members (excludes halogenated alkanes) is 3. The molecule has 0 aromatic heterocycles. The van der Waals surface area contributed by atoms with Crippen molar-refractivity contribution in [2.45, 2.75) is 98.4 Å². The van der Waals surface area contributed by atoms with Crippen molar-refractivity contribution in [3.05, 3.63) is 0 Å². The molecule has 3 rings (SSSR count). The van der Waals surface area contributed by atoms with Gasteiger partial charge in [-0.15, -0.1) is 11.8 Å². The van der Waals surface area contributed by atoms with E-state index in [4.69, 9.17) is 19.6 Å². The highest BCUT2D eigenvalue weighted by Gasteiger charge is 2.57. The zero-order valence-electron chi connectivity index (χ0n) is 23.0. The molecule has 2 heterocycles. The third-order valence-corrected chi connectivity index (χ3v) is 9.76. The number of fused-ring (bicyclic) bond motifs is 1. The second-order valence-corrected chi connectivity index (χ2v) is 13.2. The number of aliphatic hydroxyl groups is 4. The summed E-state index contributed by atoms with van der Waals surface area (Å²) in [5.74, 6) is -0.620. The van der Waals surface area contributed by atoms with Gasteiger partial charge in [-0.3, -0.25) is 14.1 Å². The van der Waals surface area contributed by atoms with Crippen LogP contribution in [-0.2, 0) is 23.4 Å². The number of ether oxygens (including phenoxy) is 1. The number of alkyl carbamates (subject to hydrolysis) is 1. The maximum absolute atomic E-state index is 13.3. The number of aliphatic carboxylic acids is 1. The largest absolute Gasteiger partial charge is 0.481 e. The van der Waals surface area contributed by atoms with Gasteiger partial charge in [-0.05, 0) is 32.1 Å². The van der Waals surface area contributed by atoms with Gasteiger partial charge in [0, 0.05) is 25.3 Å². The molecule has 11 N–H and O–H groups in total. The van der Waals surface area contributed by atoms with Crippen molar-refractivity contribution in [1.29, 1.82) is 0 Å². The number of phosphoric acid groups is 1. The molecule has 0 bridgehead atoms. The minimum absolute atomic E-state index is 0.0128. The van der Waals surface area contributed by atoms with E-state index >= 15 is 0 Å². The van der Waals surface area contributed by atoms with Crippen LogP contribution in [0, 0.1) is 0 Å². The molecule has 0 radical (unpaired) electrons. The normalized spacial score (nSPS) is 33.7. The van der Waals surface area contributed by atoms with Crippen LogP contribution in [0.15, 0.2) is 0 Å². The fourth-order valence-corrected chi connectivity index (χ4v) is 7.61.